The number of hydrogen-bond acceptors (Lipinski definition) is 6. The molecule has 1 aromatic heterocycles. The zero-order chi connectivity index (χ0) is 13.3. The number of nitrogens with zero attached hydrogens (tertiary/aromatic N) is 2. The summed E-state index contributed by atoms with van der Waals surface area (Å²) in [6, 6.07) is 0. The average Bonchev–Trinajstić information content (AvgIpc) is 2.65. The minimum atomic E-state index is -4.77. The van der Waals surface area contributed by atoms with Crippen molar-refractivity contribution in [1.82, 2.24) is 10.1 Å². The topological polar surface area (TPSA) is 91.2 Å². The molecule has 2 N–H and O–H groups in total. The molecule has 0 saturated heterocycles. The van der Waals surface area contributed by atoms with Gasteiger partial charge in [-0.05, 0) is 19.0 Å². The van der Waals surface area contributed by atoms with Crippen LogP contribution in [0.3, 0.4) is 0 Å². The molecule has 1 heterocycles. The number of ether oxygens (including phenoxy) is 1. The van der Waals surface area contributed by atoms with Crippen molar-refractivity contribution in [1.29, 1.82) is 0 Å². The van der Waals surface area contributed by atoms with Crippen LogP contribution in [-0.4, -0.2) is 28.9 Å². The molecule has 0 amide bonds. The van der Waals surface area contributed by atoms with Gasteiger partial charge in [-0.25, -0.2) is 4.79 Å². The summed E-state index contributed by atoms with van der Waals surface area (Å²) < 4.78 is 46.3. The van der Waals surface area contributed by atoms with Crippen molar-refractivity contribution in [3.63, 3.8) is 0 Å². The second-order valence-corrected chi connectivity index (χ2v) is 3.34. The Bertz CT molecular complexity index is 414. The van der Waals surface area contributed by atoms with Gasteiger partial charge in [-0.1, -0.05) is 0 Å². The summed E-state index contributed by atoms with van der Waals surface area (Å²) in [5.74, 6) is -2.46. The van der Waals surface area contributed by atoms with Gasteiger partial charge < -0.3 is 15.0 Å². The molecule has 1 atom stereocenters. The molecular weight excluding hydrogens is 243 g/mol. The van der Waals surface area contributed by atoms with Gasteiger partial charge in [-0.3, -0.25) is 0 Å². The van der Waals surface area contributed by atoms with Gasteiger partial charge in [0.15, 0.2) is 5.54 Å². The van der Waals surface area contributed by atoms with Crippen LogP contribution in [0.2, 0.25) is 0 Å². The van der Waals surface area contributed by atoms with Gasteiger partial charge >= 0.3 is 12.1 Å². The molecule has 0 spiro atoms. The fourth-order valence-electron chi connectivity index (χ4n) is 0.834. The third-order valence-electron chi connectivity index (χ3n) is 1.92. The van der Waals surface area contributed by atoms with Gasteiger partial charge in [0, 0.05) is 0 Å². The van der Waals surface area contributed by atoms with Crippen molar-refractivity contribution >= 4 is 5.97 Å². The number of esters is 1. The largest absolute Gasteiger partial charge is 0.460 e. The number of carbonyl (C=O) groups is 1. The molecule has 0 aliphatic heterocycles. The van der Waals surface area contributed by atoms with E-state index < -0.39 is 29.4 Å². The lowest BCUT2D eigenvalue weighted by molar-refractivity contribution is -0.190. The molecule has 0 aromatic carbocycles. The minimum Gasteiger partial charge on any atom is -0.460 e. The van der Waals surface area contributed by atoms with E-state index in [0.717, 1.165) is 0 Å². The highest BCUT2D eigenvalue weighted by Crippen LogP contribution is 2.35. The van der Waals surface area contributed by atoms with Crippen LogP contribution in [0.5, 0.6) is 0 Å². The number of halogens is 3. The fraction of sp³-hybridized carbons (Fsp3) is 0.625. The Kier molecular flexibility index (Phi) is 3.41. The molecule has 0 saturated carbocycles. The third kappa shape index (κ3) is 2.54. The lowest BCUT2D eigenvalue weighted by Gasteiger charge is -2.22. The van der Waals surface area contributed by atoms with Crippen LogP contribution in [-0.2, 0) is 10.3 Å². The molecule has 0 bridgehead atoms. The molecule has 17 heavy (non-hydrogen) atoms. The standard InChI is InChI=1S/C8H10F3N3O3/c1-3-16-5(15)4-13-6(17-14-4)7(2,12)8(9,10)11/h3,12H2,1-2H3. The summed E-state index contributed by atoms with van der Waals surface area (Å²) in [4.78, 5) is 14.4. The number of hydrogen-bond donors (Lipinski definition) is 1. The molecule has 96 valence electrons. The van der Waals surface area contributed by atoms with Crippen LogP contribution in [0.15, 0.2) is 4.52 Å². The predicted octanol–water partition coefficient (Wildman–Crippen LogP) is 0.983. The first-order valence-electron chi connectivity index (χ1n) is 4.57. The number of carbonyl (C=O) groups excluding carboxylic acids is 1. The zero-order valence-electron chi connectivity index (χ0n) is 9.04. The highest BCUT2D eigenvalue weighted by Gasteiger charge is 2.53. The first-order chi connectivity index (χ1) is 7.70. The van der Waals surface area contributed by atoms with Gasteiger partial charge in [0.05, 0.1) is 6.61 Å². The van der Waals surface area contributed by atoms with Crippen LogP contribution >= 0.6 is 0 Å². The van der Waals surface area contributed by atoms with E-state index in [0.29, 0.717) is 6.92 Å². The van der Waals surface area contributed by atoms with Crippen molar-refractivity contribution in [2.45, 2.75) is 25.6 Å². The van der Waals surface area contributed by atoms with Crippen molar-refractivity contribution in [2.24, 2.45) is 5.73 Å². The maximum Gasteiger partial charge on any atom is 0.415 e. The third-order valence-corrected chi connectivity index (χ3v) is 1.92. The van der Waals surface area contributed by atoms with E-state index >= 15 is 0 Å². The Balaban J connectivity index is 2.99. The quantitative estimate of drug-likeness (QED) is 0.807. The van der Waals surface area contributed by atoms with Crippen molar-refractivity contribution in [2.75, 3.05) is 6.61 Å². The number of aromatic nitrogens is 2. The summed E-state index contributed by atoms with van der Waals surface area (Å²) in [5.41, 5.74) is 2.21. The summed E-state index contributed by atoms with van der Waals surface area (Å²) in [6.07, 6.45) is -4.77. The highest BCUT2D eigenvalue weighted by molar-refractivity contribution is 5.84. The maximum atomic E-state index is 12.5. The maximum absolute atomic E-state index is 12.5. The molecule has 1 unspecified atom stereocenters. The van der Waals surface area contributed by atoms with Crippen LogP contribution in [0.25, 0.3) is 0 Å². The lowest BCUT2D eigenvalue weighted by Crippen LogP contribution is -2.48. The molecule has 1 rings (SSSR count). The van der Waals surface area contributed by atoms with E-state index in [1.165, 1.54) is 6.92 Å². The Hall–Kier alpha value is -1.64. The lowest BCUT2D eigenvalue weighted by atomic mass is 10.0. The van der Waals surface area contributed by atoms with Gasteiger partial charge in [0.25, 0.3) is 11.7 Å². The van der Waals surface area contributed by atoms with Crippen LogP contribution in [0, 0.1) is 0 Å². The highest BCUT2D eigenvalue weighted by atomic mass is 19.4. The molecule has 0 fully saturated rings. The SMILES string of the molecule is CCOC(=O)c1noc(C(C)(N)C(F)(F)F)n1. The van der Waals surface area contributed by atoms with Gasteiger partial charge in [0.1, 0.15) is 0 Å². The van der Waals surface area contributed by atoms with Crippen LogP contribution < -0.4 is 5.73 Å². The average molecular weight is 253 g/mol. The normalized spacial score (nSPS) is 15.4. The zero-order valence-corrected chi connectivity index (χ0v) is 9.04. The summed E-state index contributed by atoms with van der Waals surface area (Å²) in [5, 5.41) is 3.07. The Labute approximate surface area is 93.9 Å². The second kappa shape index (κ2) is 4.32. The number of rotatable bonds is 3. The Morgan fingerprint density at radius 3 is 2.59 bits per heavy atom. The van der Waals surface area contributed by atoms with Crippen molar-refractivity contribution < 1.29 is 27.2 Å². The Morgan fingerprint density at radius 1 is 1.53 bits per heavy atom. The van der Waals surface area contributed by atoms with Crippen molar-refractivity contribution in [3.8, 4) is 0 Å². The van der Waals surface area contributed by atoms with E-state index in [-0.39, 0.29) is 6.61 Å². The molecule has 9 heteroatoms. The molecule has 6 nitrogen and oxygen atoms in total. The monoisotopic (exact) mass is 253 g/mol. The molecule has 0 radical (unpaired) electrons. The molecule has 1 aromatic rings. The summed E-state index contributed by atoms with van der Waals surface area (Å²) in [7, 11) is 0. The first-order valence-corrected chi connectivity index (χ1v) is 4.57. The van der Waals surface area contributed by atoms with Gasteiger partial charge in [0.2, 0.25) is 0 Å². The van der Waals surface area contributed by atoms with Gasteiger partial charge in [-0.2, -0.15) is 18.2 Å². The minimum absolute atomic E-state index is 0.0435. The smallest absolute Gasteiger partial charge is 0.415 e. The second-order valence-electron chi connectivity index (χ2n) is 3.34. The molecule has 0 aliphatic rings. The predicted molar refractivity (Wildman–Crippen MR) is 47.8 cm³/mol. The Morgan fingerprint density at radius 2 is 2.12 bits per heavy atom. The number of alkyl halides is 3. The van der Waals surface area contributed by atoms with E-state index in [1.807, 2.05) is 0 Å². The van der Waals surface area contributed by atoms with E-state index in [9.17, 15) is 18.0 Å². The van der Waals surface area contributed by atoms with Gasteiger partial charge in [-0.15, -0.1) is 0 Å². The van der Waals surface area contributed by atoms with E-state index in [1.54, 1.807) is 0 Å². The molecular formula is C8H10F3N3O3. The van der Waals surface area contributed by atoms with Crippen molar-refractivity contribution in [3.05, 3.63) is 11.7 Å². The first kappa shape index (κ1) is 13.4. The fourth-order valence-corrected chi connectivity index (χ4v) is 0.834. The molecule has 0 aliphatic carbocycles. The van der Waals surface area contributed by atoms with Crippen LogP contribution in [0.4, 0.5) is 13.2 Å². The van der Waals surface area contributed by atoms with E-state index in [4.69, 9.17) is 5.73 Å². The van der Waals surface area contributed by atoms with Crippen LogP contribution in [0.1, 0.15) is 30.4 Å². The summed E-state index contributed by atoms with van der Waals surface area (Å²) >= 11 is 0. The summed E-state index contributed by atoms with van der Waals surface area (Å²) in [6.45, 7) is 2.24. The number of nitrogens with two attached hydrogens (primary N) is 1. The van der Waals surface area contributed by atoms with E-state index in [2.05, 4.69) is 19.4 Å².